The van der Waals surface area contributed by atoms with Crippen molar-refractivity contribution in [1.82, 2.24) is 4.34 Å². The van der Waals surface area contributed by atoms with E-state index in [4.69, 9.17) is 9.90 Å². The summed E-state index contributed by atoms with van der Waals surface area (Å²) in [5.74, 6) is 0. The van der Waals surface area contributed by atoms with Crippen molar-refractivity contribution in [3.63, 3.8) is 0 Å². The number of ether oxygens (including phenoxy) is 1. The number of amides is 2. The van der Waals surface area contributed by atoms with Gasteiger partial charge in [0.05, 0.1) is 22.8 Å². The van der Waals surface area contributed by atoms with E-state index < -0.39 is 12.2 Å². The Kier molecular flexibility index (Phi) is 10.4. The van der Waals surface area contributed by atoms with Crippen molar-refractivity contribution in [3.05, 3.63) is 0 Å². The first kappa shape index (κ1) is 12.7. The summed E-state index contributed by atoms with van der Waals surface area (Å²) in [6.07, 6.45) is -1.79. The lowest BCUT2D eigenvalue weighted by Crippen LogP contribution is -2.12. The van der Waals surface area contributed by atoms with Gasteiger partial charge in [-0.05, 0) is 6.92 Å². The molecule has 0 rings (SSSR count). The average Bonchev–Trinajstić information content (AvgIpc) is 1.87. The van der Waals surface area contributed by atoms with Crippen LogP contribution in [0, 0.1) is 0 Å². The molecule has 7 heteroatoms. The summed E-state index contributed by atoms with van der Waals surface area (Å²) in [6, 6.07) is 0. The highest BCUT2D eigenvalue weighted by atomic mass is 79.9. The van der Waals surface area contributed by atoms with Gasteiger partial charge in [-0.2, -0.15) is 0 Å². The van der Waals surface area contributed by atoms with Crippen LogP contribution in [0.15, 0.2) is 0 Å². The third-order valence-corrected chi connectivity index (χ3v) is 0.676. The minimum absolute atomic E-state index is 0.400. The number of carboxylic acid groups (broad SMARTS) is 1. The maximum Gasteiger partial charge on any atom is 0.417 e. The molecule has 0 fully saturated rings. The first-order valence-corrected chi connectivity index (χ1v) is 3.35. The van der Waals surface area contributed by atoms with E-state index in [2.05, 4.69) is 31.0 Å². The Morgan fingerprint density at radius 1 is 1.73 bits per heavy atom. The Morgan fingerprint density at radius 2 is 2.09 bits per heavy atom. The van der Waals surface area contributed by atoms with Crippen LogP contribution in [0.5, 0.6) is 0 Å². The Bertz CT molecular complexity index is 125. The summed E-state index contributed by atoms with van der Waals surface area (Å²) in [5, 5.41) is 7.19. The highest BCUT2D eigenvalue weighted by Crippen LogP contribution is 1.76. The second-order valence-corrected chi connectivity index (χ2v) is 1.55. The number of carbonyl (C=O) groups is 2. The number of carbonyl (C=O) groups excluding carboxylic acids is 1. The van der Waals surface area contributed by atoms with Crippen LogP contribution < -0.4 is 10.1 Å². The zero-order valence-electron chi connectivity index (χ0n) is 5.83. The molecular formula is C4H9BrN2O4. The highest BCUT2D eigenvalue weighted by Gasteiger charge is 1.91. The monoisotopic (exact) mass is 228 g/mol. The molecule has 0 radical (unpaired) electrons. The lowest BCUT2D eigenvalue weighted by molar-refractivity contribution is 0.160. The van der Waals surface area contributed by atoms with Crippen LogP contribution in [0.3, 0.4) is 0 Å². The van der Waals surface area contributed by atoms with E-state index in [0.29, 0.717) is 6.61 Å². The predicted molar refractivity (Wildman–Crippen MR) is 41.3 cm³/mol. The molecule has 0 aromatic carbocycles. The molecule has 0 unspecified atom stereocenters. The Balaban J connectivity index is 0. The summed E-state index contributed by atoms with van der Waals surface area (Å²) in [7, 11) is 0. The first-order chi connectivity index (χ1) is 5.04. The third kappa shape index (κ3) is 27.5. The van der Waals surface area contributed by atoms with Gasteiger partial charge in [0.2, 0.25) is 0 Å². The van der Waals surface area contributed by atoms with Gasteiger partial charge in [-0.3, -0.25) is 4.34 Å². The highest BCUT2D eigenvalue weighted by molar-refractivity contribution is 9.08. The van der Waals surface area contributed by atoms with E-state index in [1.807, 2.05) is 0 Å². The molecule has 4 N–H and O–H groups in total. The van der Waals surface area contributed by atoms with Crippen LogP contribution >= 0.6 is 16.1 Å². The summed E-state index contributed by atoms with van der Waals surface area (Å²) in [4.78, 5) is 18.8. The van der Waals surface area contributed by atoms with E-state index in [1.54, 1.807) is 6.92 Å². The third-order valence-electron chi connectivity index (χ3n) is 0.353. The van der Waals surface area contributed by atoms with Crippen molar-refractivity contribution in [3.8, 4) is 0 Å². The van der Waals surface area contributed by atoms with Crippen molar-refractivity contribution in [2.45, 2.75) is 6.92 Å². The van der Waals surface area contributed by atoms with E-state index in [-0.39, 0.29) is 0 Å². The van der Waals surface area contributed by atoms with Crippen molar-refractivity contribution >= 4 is 28.3 Å². The number of halogens is 1. The molecule has 0 aromatic heterocycles. The molecule has 0 saturated heterocycles. The van der Waals surface area contributed by atoms with E-state index in [9.17, 15) is 4.79 Å². The minimum atomic E-state index is -1.33. The van der Waals surface area contributed by atoms with Gasteiger partial charge in [0.1, 0.15) is 0 Å². The van der Waals surface area contributed by atoms with Crippen molar-refractivity contribution < 1.29 is 19.4 Å². The maximum absolute atomic E-state index is 10.0. The van der Waals surface area contributed by atoms with Gasteiger partial charge in [-0.25, -0.2) is 9.59 Å². The fraction of sp³-hybridized carbons (Fsp3) is 0.500. The lowest BCUT2D eigenvalue weighted by atomic mass is 10.9. The number of nitrogens with two attached hydrogens (primary N) is 1. The molecular weight excluding hydrogens is 220 g/mol. The maximum atomic E-state index is 10.0. The van der Waals surface area contributed by atoms with Gasteiger partial charge in [0.15, 0.2) is 0 Å². The van der Waals surface area contributed by atoms with E-state index in [1.165, 1.54) is 0 Å². The largest absolute Gasteiger partial charge is 0.465 e. The molecule has 66 valence electrons. The van der Waals surface area contributed by atoms with Gasteiger partial charge in [0.25, 0.3) is 0 Å². The molecule has 0 saturated carbocycles. The van der Waals surface area contributed by atoms with Gasteiger partial charge in [0, 0.05) is 0 Å². The quantitative estimate of drug-likeness (QED) is 0.575. The van der Waals surface area contributed by atoms with Crippen LogP contribution in [-0.2, 0) is 4.74 Å². The molecule has 0 atom stereocenters. The second-order valence-electron chi connectivity index (χ2n) is 1.15. The summed E-state index contributed by atoms with van der Waals surface area (Å²) >= 11 is 2.69. The molecule has 11 heavy (non-hydrogen) atoms. The topological polar surface area (TPSA) is 102 Å². The number of hydrogen-bond acceptors (Lipinski definition) is 3. The summed E-state index contributed by atoms with van der Waals surface area (Å²) in [5.41, 5.74) is 4.03. The fourth-order valence-electron chi connectivity index (χ4n) is 0.158. The molecule has 6 nitrogen and oxygen atoms in total. The average molecular weight is 229 g/mol. The standard InChI is InChI=1S/C3H6BrNO2.CH3NO2/c1-2-7-3(6)5-4;2-1(3)4/h2H2,1H3,(H,5,6);2H2,(H,3,4). The van der Waals surface area contributed by atoms with Gasteiger partial charge >= 0.3 is 12.2 Å². The van der Waals surface area contributed by atoms with Crippen molar-refractivity contribution in [2.24, 2.45) is 5.73 Å². The second kappa shape index (κ2) is 9.02. The zero-order valence-corrected chi connectivity index (χ0v) is 7.42. The van der Waals surface area contributed by atoms with Gasteiger partial charge in [-0.1, -0.05) is 0 Å². The van der Waals surface area contributed by atoms with Crippen molar-refractivity contribution in [1.29, 1.82) is 0 Å². The minimum Gasteiger partial charge on any atom is -0.465 e. The molecule has 0 spiro atoms. The molecule has 0 aliphatic carbocycles. The lowest BCUT2D eigenvalue weighted by Gasteiger charge is -1.94. The van der Waals surface area contributed by atoms with E-state index in [0.717, 1.165) is 0 Å². The molecule has 0 aliphatic rings. The number of primary amides is 1. The number of nitrogens with one attached hydrogen (secondary N) is 1. The van der Waals surface area contributed by atoms with Crippen LogP contribution in [-0.4, -0.2) is 23.9 Å². The zero-order chi connectivity index (χ0) is 9.28. The SMILES string of the molecule is CCOC(=O)NBr.NC(=O)O. The molecule has 0 bridgehead atoms. The van der Waals surface area contributed by atoms with Crippen LogP contribution in [0.25, 0.3) is 0 Å². The van der Waals surface area contributed by atoms with E-state index >= 15 is 0 Å². The summed E-state index contributed by atoms with van der Waals surface area (Å²) < 4.78 is 6.51. The van der Waals surface area contributed by atoms with Crippen LogP contribution in [0.1, 0.15) is 6.92 Å². The molecule has 0 aromatic rings. The smallest absolute Gasteiger partial charge is 0.417 e. The molecule has 2 amide bonds. The van der Waals surface area contributed by atoms with Crippen LogP contribution in [0.2, 0.25) is 0 Å². The van der Waals surface area contributed by atoms with Crippen molar-refractivity contribution in [2.75, 3.05) is 6.61 Å². The molecule has 0 aliphatic heterocycles. The number of hydrogen-bond donors (Lipinski definition) is 3. The van der Waals surface area contributed by atoms with Gasteiger partial charge < -0.3 is 15.6 Å². The Morgan fingerprint density at radius 3 is 2.18 bits per heavy atom. The predicted octanol–water partition coefficient (Wildman–Crippen LogP) is 0.666. The van der Waals surface area contributed by atoms with Crippen LogP contribution in [0.4, 0.5) is 9.59 Å². The summed E-state index contributed by atoms with van der Waals surface area (Å²) in [6.45, 7) is 2.14. The Hall–Kier alpha value is -0.980. The van der Waals surface area contributed by atoms with Gasteiger partial charge in [-0.15, -0.1) is 0 Å². The Labute approximate surface area is 72.0 Å². The number of rotatable bonds is 1. The normalized spacial score (nSPS) is 7.09. The first-order valence-electron chi connectivity index (χ1n) is 2.56. The fourth-order valence-corrected chi connectivity index (χ4v) is 0.273. The molecule has 0 heterocycles.